The van der Waals surface area contributed by atoms with E-state index in [1.807, 2.05) is 6.07 Å². The maximum Gasteiger partial charge on any atom is 0.337 e. The van der Waals surface area contributed by atoms with Gasteiger partial charge in [0.05, 0.1) is 29.7 Å². The summed E-state index contributed by atoms with van der Waals surface area (Å²) in [7, 11) is 1.36. The van der Waals surface area contributed by atoms with Gasteiger partial charge in [-0.2, -0.15) is 0 Å². The van der Waals surface area contributed by atoms with Crippen LogP contribution in [-0.4, -0.2) is 28.1 Å². The zero-order valence-electron chi connectivity index (χ0n) is 12.5. The number of aromatic nitrogens is 3. The molecule has 0 saturated heterocycles. The number of ether oxygens (including phenoxy) is 1. The summed E-state index contributed by atoms with van der Waals surface area (Å²) in [5, 5.41) is 8.30. The smallest absolute Gasteiger partial charge is 0.337 e. The molecule has 2 N–H and O–H groups in total. The second-order valence-electron chi connectivity index (χ2n) is 5.24. The number of methoxy groups -OCH3 is 1. The molecule has 1 aromatic heterocycles. The van der Waals surface area contributed by atoms with Crippen LogP contribution >= 0.6 is 0 Å². The van der Waals surface area contributed by atoms with Gasteiger partial charge in [-0.3, -0.25) is 0 Å². The van der Waals surface area contributed by atoms with Gasteiger partial charge in [0.15, 0.2) is 0 Å². The first-order valence-electron chi connectivity index (χ1n) is 6.89. The first kappa shape index (κ1) is 15.2. The Bertz CT molecular complexity index is 634. The van der Waals surface area contributed by atoms with Gasteiger partial charge in [-0.25, -0.2) is 9.48 Å². The minimum absolute atomic E-state index is 0.346. The number of carbonyl (C=O) groups excluding carboxylic acids is 1. The van der Waals surface area contributed by atoms with Crippen molar-refractivity contribution >= 4 is 5.97 Å². The highest BCUT2D eigenvalue weighted by molar-refractivity contribution is 5.89. The summed E-state index contributed by atoms with van der Waals surface area (Å²) in [6.45, 7) is 4.60. The summed E-state index contributed by atoms with van der Waals surface area (Å²) in [6, 6.07) is 7.12. The number of nitrogens with zero attached hydrogens (tertiary/aromatic N) is 3. The highest BCUT2D eigenvalue weighted by Gasteiger charge is 2.15. The summed E-state index contributed by atoms with van der Waals surface area (Å²) < 4.78 is 6.49. The molecule has 0 fully saturated rings. The lowest BCUT2D eigenvalue weighted by molar-refractivity contribution is 0.0600. The number of esters is 1. The molecule has 1 aromatic carbocycles. The van der Waals surface area contributed by atoms with E-state index >= 15 is 0 Å². The molecule has 0 bridgehead atoms. The molecule has 0 amide bonds. The van der Waals surface area contributed by atoms with E-state index in [1.54, 1.807) is 22.9 Å². The lowest BCUT2D eigenvalue weighted by Crippen LogP contribution is -2.10. The van der Waals surface area contributed by atoms with E-state index in [0.717, 1.165) is 23.5 Å². The third-order valence-electron chi connectivity index (χ3n) is 3.15. The first-order chi connectivity index (χ1) is 10.1. The SMILES string of the molecule is COC(=O)c1cccc(-n2nnc(CN)c2CC(C)C)c1. The van der Waals surface area contributed by atoms with Crippen molar-refractivity contribution in [3.05, 3.63) is 41.2 Å². The molecule has 0 unspecified atom stereocenters. The normalized spacial score (nSPS) is 10.9. The Kier molecular flexibility index (Phi) is 4.70. The third kappa shape index (κ3) is 3.28. The van der Waals surface area contributed by atoms with Crippen LogP contribution < -0.4 is 5.73 Å². The van der Waals surface area contributed by atoms with Crippen LogP contribution in [0.5, 0.6) is 0 Å². The van der Waals surface area contributed by atoms with Crippen LogP contribution in [0.4, 0.5) is 0 Å². The molecule has 0 aliphatic carbocycles. The standard InChI is InChI=1S/C15H20N4O2/c1-10(2)7-14-13(9-16)17-18-19(14)12-6-4-5-11(8-12)15(20)21-3/h4-6,8,10H,7,9,16H2,1-3H3. The molecule has 0 atom stereocenters. The van der Waals surface area contributed by atoms with Crippen molar-refractivity contribution < 1.29 is 9.53 Å². The van der Waals surface area contributed by atoms with Crippen LogP contribution in [0.1, 0.15) is 35.6 Å². The molecule has 2 rings (SSSR count). The van der Waals surface area contributed by atoms with Crippen LogP contribution in [0.3, 0.4) is 0 Å². The largest absolute Gasteiger partial charge is 0.465 e. The monoisotopic (exact) mass is 288 g/mol. The van der Waals surface area contributed by atoms with Crippen LogP contribution in [0, 0.1) is 5.92 Å². The average molecular weight is 288 g/mol. The van der Waals surface area contributed by atoms with Crippen LogP contribution in [0.15, 0.2) is 24.3 Å². The summed E-state index contributed by atoms with van der Waals surface area (Å²) in [4.78, 5) is 11.6. The average Bonchev–Trinajstić information content (AvgIpc) is 2.88. The lowest BCUT2D eigenvalue weighted by Gasteiger charge is -2.10. The molecule has 112 valence electrons. The Labute approximate surface area is 123 Å². The number of hydrogen-bond acceptors (Lipinski definition) is 5. The van der Waals surface area contributed by atoms with Gasteiger partial charge < -0.3 is 10.5 Å². The Morgan fingerprint density at radius 2 is 2.19 bits per heavy atom. The van der Waals surface area contributed by atoms with Gasteiger partial charge >= 0.3 is 5.97 Å². The van der Waals surface area contributed by atoms with Gasteiger partial charge in [0.1, 0.15) is 0 Å². The van der Waals surface area contributed by atoms with E-state index in [1.165, 1.54) is 7.11 Å². The fraction of sp³-hybridized carbons (Fsp3) is 0.400. The van der Waals surface area contributed by atoms with E-state index in [2.05, 4.69) is 24.2 Å². The fourth-order valence-electron chi connectivity index (χ4n) is 2.17. The van der Waals surface area contributed by atoms with Crippen molar-refractivity contribution in [3.8, 4) is 5.69 Å². The van der Waals surface area contributed by atoms with Crippen molar-refractivity contribution in [2.24, 2.45) is 11.7 Å². The van der Waals surface area contributed by atoms with Gasteiger partial charge in [-0.15, -0.1) is 5.10 Å². The number of nitrogens with two attached hydrogens (primary N) is 1. The minimum Gasteiger partial charge on any atom is -0.465 e. The van der Waals surface area contributed by atoms with Gasteiger partial charge in [0, 0.05) is 6.54 Å². The van der Waals surface area contributed by atoms with Gasteiger partial charge in [-0.05, 0) is 30.5 Å². The second kappa shape index (κ2) is 6.49. The van der Waals surface area contributed by atoms with Crippen LogP contribution in [-0.2, 0) is 17.7 Å². The van der Waals surface area contributed by atoms with Crippen LogP contribution in [0.25, 0.3) is 5.69 Å². The third-order valence-corrected chi connectivity index (χ3v) is 3.15. The molecule has 0 aliphatic rings. The predicted molar refractivity (Wildman–Crippen MR) is 79.1 cm³/mol. The molecule has 0 saturated carbocycles. The molecule has 0 aliphatic heterocycles. The Balaban J connectivity index is 2.46. The zero-order chi connectivity index (χ0) is 15.4. The summed E-state index contributed by atoms with van der Waals surface area (Å²) >= 11 is 0. The maximum atomic E-state index is 11.6. The number of hydrogen-bond donors (Lipinski definition) is 1. The second-order valence-corrected chi connectivity index (χ2v) is 5.24. The Hall–Kier alpha value is -2.21. The molecular weight excluding hydrogens is 268 g/mol. The fourth-order valence-corrected chi connectivity index (χ4v) is 2.17. The van der Waals surface area contributed by atoms with Crippen molar-refractivity contribution in [2.75, 3.05) is 7.11 Å². The summed E-state index contributed by atoms with van der Waals surface area (Å²) in [5.74, 6) is 0.0813. The molecule has 21 heavy (non-hydrogen) atoms. The number of carbonyl (C=O) groups is 1. The van der Waals surface area contributed by atoms with Gasteiger partial charge in [0.2, 0.25) is 0 Å². The molecular formula is C15H20N4O2. The number of benzene rings is 1. The summed E-state index contributed by atoms with van der Waals surface area (Å²) in [5.41, 5.74) is 8.75. The van der Waals surface area contributed by atoms with Crippen LogP contribution in [0.2, 0.25) is 0 Å². The number of rotatable bonds is 5. The lowest BCUT2D eigenvalue weighted by atomic mass is 10.1. The summed E-state index contributed by atoms with van der Waals surface area (Å²) in [6.07, 6.45) is 0.821. The minimum atomic E-state index is -0.374. The van der Waals surface area contributed by atoms with E-state index in [4.69, 9.17) is 10.5 Å². The van der Waals surface area contributed by atoms with E-state index in [9.17, 15) is 4.79 Å². The molecule has 0 radical (unpaired) electrons. The van der Waals surface area contributed by atoms with E-state index in [-0.39, 0.29) is 5.97 Å². The van der Waals surface area contributed by atoms with Crippen molar-refractivity contribution in [3.63, 3.8) is 0 Å². The van der Waals surface area contributed by atoms with Crippen molar-refractivity contribution in [1.29, 1.82) is 0 Å². The van der Waals surface area contributed by atoms with Crippen molar-refractivity contribution in [1.82, 2.24) is 15.0 Å². The van der Waals surface area contributed by atoms with Gasteiger partial charge in [0.25, 0.3) is 0 Å². The van der Waals surface area contributed by atoms with E-state index in [0.29, 0.717) is 18.0 Å². The zero-order valence-corrected chi connectivity index (χ0v) is 12.5. The Morgan fingerprint density at radius 1 is 1.43 bits per heavy atom. The topological polar surface area (TPSA) is 83.0 Å². The first-order valence-corrected chi connectivity index (χ1v) is 6.89. The quantitative estimate of drug-likeness (QED) is 0.847. The maximum absolute atomic E-state index is 11.6. The predicted octanol–water partition coefficient (Wildman–Crippen LogP) is 1.71. The molecule has 0 spiro atoms. The van der Waals surface area contributed by atoms with Crippen molar-refractivity contribution in [2.45, 2.75) is 26.8 Å². The molecule has 6 nitrogen and oxygen atoms in total. The van der Waals surface area contributed by atoms with Gasteiger partial charge in [-0.1, -0.05) is 25.1 Å². The molecule has 1 heterocycles. The molecule has 2 aromatic rings. The Morgan fingerprint density at radius 3 is 2.81 bits per heavy atom. The van der Waals surface area contributed by atoms with E-state index < -0.39 is 0 Å². The highest BCUT2D eigenvalue weighted by Crippen LogP contribution is 2.18. The highest BCUT2D eigenvalue weighted by atomic mass is 16.5. The molecule has 6 heteroatoms.